The summed E-state index contributed by atoms with van der Waals surface area (Å²) in [5.41, 5.74) is 5.95. The van der Waals surface area contributed by atoms with E-state index in [1.807, 2.05) is 12.1 Å². The summed E-state index contributed by atoms with van der Waals surface area (Å²) < 4.78 is 12.4. The zero-order valence-corrected chi connectivity index (χ0v) is 10.8. The zero-order chi connectivity index (χ0) is 11.7. The fraction of sp³-hybridized carbons (Fsp3) is 0.500. The van der Waals surface area contributed by atoms with Crippen LogP contribution in [0.3, 0.4) is 0 Å². The van der Waals surface area contributed by atoms with Gasteiger partial charge in [-0.15, -0.1) is 0 Å². The third-order valence-corrected chi connectivity index (χ3v) is 5.52. The Morgan fingerprint density at radius 2 is 2.19 bits per heavy atom. The maximum atomic E-state index is 12.4. The van der Waals surface area contributed by atoms with Crippen molar-refractivity contribution < 1.29 is 4.21 Å². The molecule has 4 atom stereocenters. The van der Waals surface area contributed by atoms with Crippen molar-refractivity contribution >= 4 is 22.4 Å². The van der Waals surface area contributed by atoms with Crippen molar-refractivity contribution in [2.24, 2.45) is 11.7 Å². The number of halogens is 1. The first-order valence-corrected chi connectivity index (χ1v) is 7.10. The van der Waals surface area contributed by atoms with Crippen LogP contribution in [-0.2, 0) is 10.8 Å². The lowest BCUT2D eigenvalue weighted by atomic mass is 10.1. The van der Waals surface area contributed by atoms with Crippen LogP contribution < -0.4 is 5.73 Å². The van der Waals surface area contributed by atoms with Crippen LogP contribution in [0, 0.1) is 5.92 Å². The first kappa shape index (κ1) is 12.1. The van der Waals surface area contributed by atoms with E-state index in [1.165, 1.54) is 0 Å². The summed E-state index contributed by atoms with van der Waals surface area (Å²) in [6, 6.07) is 7.49. The standard InChI is InChI=1S/C12H16ClNOS/c1-8-11(14)5-6-12(8)16(15)10-4-2-3-9(13)7-10/h2-4,7-8,11-12H,5-6,14H2,1H3. The second kappa shape index (κ2) is 4.86. The third kappa shape index (κ3) is 2.31. The fourth-order valence-electron chi connectivity index (χ4n) is 2.23. The van der Waals surface area contributed by atoms with Gasteiger partial charge < -0.3 is 5.73 Å². The molecule has 1 saturated carbocycles. The molecule has 4 unspecified atom stereocenters. The molecular weight excluding hydrogens is 242 g/mol. The second-order valence-electron chi connectivity index (χ2n) is 4.39. The SMILES string of the molecule is CC1C(N)CCC1S(=O)c1cccc(Cl)c1. The molecular formula is C12H16ClNOS. The number of hydrogen-bond acceptors (Lipinski definition) is 2. The summed E-state index contributed by atoms with van der Waals surface area (Å²) in [5.74, 6) is 0.319. The Kier molecular flexibility index (Phi) is 3.67. The molecule has 2 N–H and O–H groups in total. The molecule has 1 aromatic rings. The van der Waals surface area contributed by atoms with Crippen LogP contribution in [0.4, 0.5) is 0 Å². The maximum Gasteiger partial charge on any atom is 0.0564 e. The molecule has 0 aliphatic heterocycles. The van der Waals surface area contributed by atoms with E-state index in [4.69, 9.17) is 17.3 Å². The van der Waals surface area contributed by atoms with E-state index in [0.717, 1.165) is 17.7 Å². The molecule has 1 fully saturated rings. The topological polar surface area (TPSA) is 43.1 Å². The first-order valence-electron chi connectivity index (χ1n) is 5.51. The summed E-state index contributed by atoms with van der Waals surface area (Å²) in [5, 5.41) is 0.814. The molecule has 0 heterocycles. The van der Waals surface area contributed by atoms with Gasteiger partial charge in [0.2, 0.25) is 0 Å². The highest BCUT2D eigenvalue weighted by Crippen LogP contribution is 2.31. The lowest BCUT2D eigenvalue weighted by Gasteiger charge is -2.17. The molecule has 88 valence electrons. The van der Waals surface area contributed by atoms with Gasteiger partial charge in [0.05, 0.1) is 10.8 Å². The van der Waals surface area contributed by atoms with Crippen molar-refractivity contribution in [2.75, 3.05) is 0 Å². The largest absolute Gasteiger partial charge is 0.327 e. The molecule has 0 bridgehead atoms. The Labute approximate surface area is 104 Å². The van der Waals surface area contributed by atoms with Gasteiger partial charge in [0.1, 0.15) is 0 Å². The smallest absolute Gasteiger partial charge is 0.0564 e. The van der Waals surface area contributed by atoms with Crippen LogP contribution in [0.15, 0.2) is 29.2 Å². The van der Waals surface area contributed by atoms with Crippen LogP contribution in [0.25, 0.3) is 0 Å². The van der Waals surface area contributed by atoms with Gasteiger partial charge in [-0.05, 0) is 37.0 Å². The molecule has 4 heteroatoms. The summed E-state index contributed by atoms with van der Waals surface area (Å²) in [7, 11) is -0.984. The maximum absolute atomic E-state index is 12.4. The molecule has 2 nitrogen and oxygen atoms in total. The Morgan fingerprint density at radius 1 is 1.44 bits per heavy atom. The molecule has 1 aromatic carbocycles. The minimum absolute atomic E-state index is 0.175. The van der Waals surface area contributed by atoms with Crippen LogP contribution in [0.5, 0.6) is 0 Å². The molecule has 2 rings (SSSR count). The zero-order valence-electron chi connectivity index (χ0n) is 9.23. The third-order valence-electron chi connectivity index (χ3n) is 3.35. The fourth-order valence-corrected chi connectivity index (χ4v) is 4.23. The van der Waals surface area contributed by atoms with Gasteiger partial charge in [-0.25, -0.2) is 0 Å². The predicted octanol–water partition coefficient (Wildman–Crippen LogP) is 2.57. The van der Waals surface area contributed by atoms with Crippen molar-refractivity contribution in [1.82, 2.24) is 0 Å². The second-order valence-corrected chi connectivity index (χ2v) is 6.50. The van der Waals surface area contributed by atoms with E-state index < -0.39 is 10.8 Å². The van der Waals surface area contributed by atoms with Crippen molar-refractivity contribution in [2.45, 2.75) is 36.0 Å². The van der Waals surface area contributed by atoms with E-state index >= 15 is 0 Å². The molecule has 0 radical (unpaired) electrons. The van der Waals surface area contributed by atoms with E-state index in [-0.39, 0.29) is 11.3 Å². The lowest BCUT2D eigenvalue weighted by molar-refractivity contribution is 0.526. The molecule has 1 aliphatic rings. The minimum atomic E-state index is -0.984. The normalized spacial score (nSPS) is 31.6. The Hall–Kier alpha value is -0.380. The first-order chi connectivity index (χ1) is 7.59. The van der Waals surface area contributed by atoms with E-state index in [9.17, 15) is 4.21 Å². The molecule has 0 spiro atoms. The molecule has 16 heavy (non-hydrogen) atoms. The summed E-state index contributed by atoms with van der Waals surface area (Å²) in [6.45, 7) is 2.09. The minimum Gasteiger partial charge on any atom is -0.327 e. The summed E-state index contributed by atoms with van der Waals surface area (Å²) in [6.07, 6.45) is 1.92. The molecule has 0 aromatic heterocycles. The predicted molar refractivity (Wildman–Crippen MR) is 68.0 cm³/mol. The van der Waals surface area contributed by atoms with Crippen LogP contribution in [0.2, 0.25) is 5.02 Å². The van der Waals surface area contributed by atoms with Gasteiger partial charge in [0.25, 0.3) is 0 Å². The van der Waals surface area contributed by atoms with Gasteiger partial charge in [-0.1, -0.05) is 24.6 Å². The van der Waals surface area contributed by atoms with Crippen LogP contribution >= 0.6 is 11.6 Å². The number of rotatable bonds is 2. The summed E-state index contributed by atoms with van der Waals surface area (Å²) in [4.78, 5) is 0.818. The van der Waals surface area contributed by atoms with E-state index in [2.05, 4.69) is 6.92 Å². The number of hydrogen-bond donors (Lipinski definition) is 1. The average molecular weight is 258 g/mol. The number of benzene rings is 1. The van der Waals surface area contributed by atoms with Gasteiger partial charge in [0, 0.05) is 21.2 Å². The number of nitrogens with two attached hydrogens (primary N) is 1. The molecule has 1 aliphatic carbocycles. The quantitative estimate of drug-likeness (QED) is 0.885. The van der Waals surface area contributed by atoms with E-state index in [1.54, 1.807) is 12.1 Å². The van der Waals surface area contributed by atoms with Gasteiger partial charge in [-0.2, -0.15) is 0 Å². The van der Waals surface area contributed by atoms with Crippen molar-refractivity contribution in [3.8, 4) is 0 Å². The Morgan fingerprint density at radius 3 is 2.75 bits per heavy atom. The molecule has 0 amide bonds. The Bertz CT molecular complexity index is 410. The van der Waals surface area contributed by atoms with Crippen molar-refractivity contribution in [1.29, 1.82) is 0 Å². The molecule has 0 saturated heterocycles. The highest BCUT2D eigenvalue weighted by Gasteiger charge is 2.34. The van der Waals surface area contributed by atoms with E-state index in [0.29, 0.717) is 10.9 Å². The van der Waals surface area contributed by atoms with Gasteiger partial charge in [0.15, 0.2) is 0 Å². The summed E-state index contributed by atoms with van der Waals surface area (Å²) >= 11 is 5.90. The van der Waals surface area contributed by atoms with Gasteiger partial charge in [-0.3, -0.25) is 4.21 Å². The Balaban J connectivity index is 2.20. The van der Waals surface area contributed by atoms with Gasteiger partial charge >= 0.3 is 0 Å². The van der Waals surface area contributed by atoms with Crippen molar-refractivity contribution in [3.63, 3.8) is 0 Å². The van der Waals surface area contributed by atoms with Crippen LogP contribution in [0.1, 0.15) is 19.8 Å². The highest BCUT2D eigenvalue weighted by molar-refractivity contribution is 7.85. The van der Waals surface area contributed by atoms with Crippen molar-refractivity contribution in [3.05, 3.63) is 29.3 Å². The highest BCUT2D eigenvalue weighted by atomic mass is 35.5. The average Bonchev–Trinajstić information content (AvgIpc) is 2.59. The lowest BCUT2D eigenvalue weighted by Crippen LogP contribution is -2.29. The monoisotopic (exact) mass is 257 g/mol. The van der Waals surface area contributed by atoms with Crippen LogP contribution in [-0.4, -0.2) is 15.5 Å².